The molecular formula is C17H35NO. The van der Waals surface area contributed by atoms with Crippen molar-refractivity contribution in [3.05, 3.63) is 0 Å². The number of hydrogen-bond donors (Lipinski definition) is 1. The second kappa shape index (κ2) is 5.46. The van der Waals surface area contributed by atoms with Crippen LogP contribution in [0.4, 0.5) is 0 Å². The van der Waals surface area contributed by atoms with Gasteiger partial charge in [0.05, 0.1) is 5.71 Å². The van der Waals surface area contributed by atoms with Gasteiger partial charge in [-0.25, -0.2) is 0 Å². The molecule has 0 unspecified atom stereocenters. The van der Waals surface area contributed by atoms with E-state index in [0.717, 1.165) is 18.6 Å². The van der Waals surface area contributed by atoms with Gasteiger partial charge in [0.15, 0.2) is 0 Å². The zero-order valence-electron chi connectivity index (χ0n) is 14.8. The van der Waals surface area contributed by atoms with Gasteiger partial charge in [0.2, 0.25) is 0 Å². The van der Waals surface area contributed by atoms with Crippen LogP contribution < -0.4 is 0 Å². The number of hydrogen-bond acceptors (Lipinski definition) is 2. The lowest BCUT2D eigenvalue weighted by atomic mass is 9.53. The van der Waals surface area contributed by atoms with Crippen molar-refractivity contribution in [2.24, 2.45) is 26.8 Å². The first kappa shape index (κ1) is 18.5. The fourth-order valence-corrected chi connectivity index (χ4v) is 2.56. The second-order valence-electron chi connectivity index (χ2n) is 8.17. The third kappa shape index (κ3) is 2.98. The van der Waals surface area contributed by atoms with E-state index in [9.17, 15) is 5.21 Å². The van der Waals surface area contributed by atoms with Crippen LogP contribution in [0.3, 0.4) is 0 Å². The van der Waals surface area contributed by atoms with Gasteiger partial charge in [-0.15, -0.1) is 0 Å². The molecule has 0 fully saturated rings. The summed E-state index contributed by atoms with van der Waals surface area (Å²) < 4.78 is 0. The van der Waals surface area contributed by atoms with Crippen LogP contribution in [0.15, 0.2) is 5.16 Å². The molecule has 0 amide bonds. The number of oxime groups is 1. The van der Waals surface area contributed by atoms with Gasteiger partial charge in [-0.3, -0.25) is 0 Å². The average molecular weight is 269 g/mol. The van der Waals surface area contributed by atoms with Crippen molar-refractivity contribution >= 4 is 5.71 Å². The molecule has 2 nitrogen and oxygen atoms in total. The SMILES string of the molecule is CCC(C)(C)C(C)(C)C(=NO)C(C)(C)C(C)(C)CC. The Hall–Kier alpha value is -0.530. The highest BCUT2D eigenvalue weighted by molar-refractivity contribution is 5.95. The molecule has 114 valence electrons. The fourth-order valence-electron chi connectivity index (χ4n) is 2.56. The Labute approximate surface area is 120 Å². The molecule has 0 radical (unpaired) electrons. The van der Waals surface area contributed by atoms with Gasteiger partial charge in [-0.05, 0) is 10.8 Å². The Morgan fingerprint density at radius 2 is 1.00 bits per heavy atom. The fraction of sp³-hybridized carbons (Fsp3) is 0.941. The Morgan fingerprint density at radius 3 is 1.16 bits per heavy atom. The van der Waals surface area contributed by atoms with Crippen LogP contribution in [-0.4, -0.2) is 10.9 Å². The lowest BCUT2D eigenvalue weighted by Gasteiger charge is -2.51. The minimum Gasteiger partial charge on any atom is -0.411 e. The molecule has 19 heavy (non-hydrogen) atoms. The Bertz CT molecular complexity index is 305. The summed E-state index contributed by atoms with van der Waals surface area (Å²) in [6.45, 7) is 22.3. The van der Waals surface area contributed by atoms with Crippen LogP contribution in [0.5, 0.6) is 0 Å². The predicted molar refractivity (Wildman–Crippen MR) is 84.9 cm³/mol. The molecule has 0 aromatic heterocycles. The molecule has 0 bridgehead atoms. The minimum atomic E-state index is -0.146. The molecule has 0 saturated heterocycles. The second-order valence-corrected chi connectivity index (χ2v) is 8.17. The highest BCUT2D eigenvalue weighted by atomic mass is 16.4. The summed E-state index contributed by atoms with van der Waals surface area (Å²) in [4.78, 5) is 0. The van der Waals surface area contributed by atoms with Gasteiger partial charge in [-0.2, -0.15) is 0 Å². The highest BCUT2D eigenvalue weighted by Gasteiger charge is 2.50. The van der Waals surface area contributed by atoms with E-state index in [2.05, 4.69) is 74.4 Å². The molecule has 0 aliphatic rings. The predicted octanol–water partition coefficient (Wildman–Crippen LogP) is 5.74. The Kier molecular flexibility index (Phi) is 5.30. The van der Waals surface area contributed by atoms with Crippen molar-refractivity contribution in [1.29, 1.82) is 0 Å². The summed E-state index contributed by atoms with van der Waals surface area (Å²) in [7, 11) is 0. The van der Waals surface area contributed by atoms with Crippen LogP contribution in [0.1, 0.15) is 82.1 Å². The summed E-state index contributed by atoms with van der Waals surface area (Å²) in [6, 6.07) is 0. The number of rotatable bonds is 6. The van der Waals surface area contributed by atoms with E-state index >= 15 is 0 Å². The lowest BCUT2D eigenvalue weighted by Crippen LogP contribution is -2.51. The normalized spacial score (nSPS) is 14.4. The van der Waals surface area contributed by atoms with Crippen molar-refractivity contribution in [3.63, 3.8) is 0 Å². The molecule has 1 N–H and O–H groups in total. The van der Waals surface area contributed by atoms with Crippen LogP contribution in [-0.2, 0) is 0 Å². The molecule has 0 saturated carbocycles. The van der Waals surface area contributed by atoms with Crippen molar-refractivity contribution in [2.45, 2.75) is 82.1 Å². The molecule has 2 heteroatoms. The first-order valence-electron chi connectivity index (χ1n) is 7.54. The molecule has 0 spiro atoms. The first-order chi connectivity index (χ1) is 8.31. The quantitative estimate of drug-likeness (QED) is 0.372. The maximum Gasteiger partial charge on any atom is 0.0693 e. The molecule has 0 aromatic rings. The molecule has 0 atom stereocenters. The first-order valence-corrected chi connectivity index (χ1v) is 7.54. The maximum absolute atomic E-state index is 9.70. The van der Waals surface area contributed by atoms with Gasteiger partial charge in [0, 0.05) is 10.8 Å². The highest BCUT2D eigenvalue weighted by Crippen LogP contribution is 2.52. The van der Waals surface area contributed by atoms with E-state index in [-0.39, 0.29) is 21.7 Å². The third-order valence-corrected chi connectivity index (χ3v) is 6.44. The van der Waals surface area contributed by atoms with E-state index in [0.29, 0.717) is 0 Å². The third-order valence-electron chi connectivity index (χ3n) is 6.44. The summed E-state index contributed by atoms with van der Waals surface area (Å²) in [6.07, 6.45) is 2.11. The summed E-state index contributed by atoms with van der Waals surface area (Å²) in [5.41, 5.74) is 0.809. The Balaban J connectivity index is 5.85. The maximum atomic E-state index is 9.70. The van der Waals surface area contributed by atoms with Crippen molar-refractivity contribution in [1.82, 2.24) is 0 Å². The standard InChI is InChI=1S/C17H35NO/c1-11-14(3,4)16(7,8)13(18-19)17(9,10)15(5,6)12-2/h19H,11-12H2,1-10H3. The van der Waals surface area contributed by atoms with E-state index in [1.165, 1.54) is 0 Å². The van der Waals surface area contributed by atoms with Crippen LogP contribution in [0, 0.1) is 21.7 Å². The summed E-state index contributed by atoms with van der Waals surface area (Å²) in [5.74, 6) is 0. The van der Waals surface area contributed by atoms with Crippen molar-refractivity contribution in [3.8, 4) is 0 Å². The van der Waals surface area contributed by atoms with Crippen LogP contribution >= 0.6 is 0 Å². The molecule has 0 aliphatic heterocycles. The van der Waals surface area contributed by atoms with Crippen molar-refractivity contribution in [2.75, 3.05) is 0 Å². The molecule has 0 heterocycles. The lowest BCUT2D eigenvalue weighted by molar-refractivity contribution is 0.114. The zero-order valence-corrected chi connectivity index (χ0v) is 14.8. The van der Waals surface area contributed by atoms with Gasteiger partial charge < -0.3 is 5.21 Å². The monoisotopic (exact) mass is 269 g/mol. The molecule has 0 aliphatic carbocycles. The van der Waals surface area contributed by atoms with Crippen LogP contribution in [0.25, 0.3) is 0 Å². The number of nitrogens with zero attached hydrogens (tertiary/aromatic N) is 1. The summed E-state index contributed by atoms with van der Waals surface area (Å²) >= 11 is 0. The average Bonchev–Trinajstić information content (AvgIpc) is 2.28. The van der Waals surface area contributed by atoms with E-state index in [4.69, 9.17) is 0 Å². The van der Waals surface area contributed by atoms with E-state index in [1.807, 2.05) is 0 Å². The minimum absolute atomic E-state index is 0.0929. The Morgan fingerprint density at radius 1 is 0.737 bits per heavy atom. The molecule has 0 rings (SSSR count). The topological polar surface area (TPSA) is 32.6 Å². The van der Waals surface area contributed by atoms with Gasteiger partial charge >= 0.3 is 0 Å². The largest absolute Gasteiger partial charge is 0.411 e. The van der Waals surface area contributed by atoms with Gasteiger partial charge in [-0.1, -0.05) is 87.2 Å². The van der Waals surface area contributed by atoms with E-state index in [1.54, 1.807) is 0 Å². The molecule has 0 aromatic carbocycles. The summed E-state index contributed by atoms with van der Waals surface area (Å²) in [5, 5.41) is 13.5. The molecular weight excluding hydrogens is 234 g/mol. The van der Waals surface area contributed by atoms with Crippen LogP contribution in [0.2, 0.25) is 0 Å². The smallest absolute Gasteiger partial charge is 0.0693 e. The van der Waals surface area contributed by atoms with Crippen molar-refractivity contribution < 1.29 is 5.21 Å². The van der Waals surface area contributed by atoms with Gasteiger partial charge in [0.25, 0.3) is 0 Å². The zero-order chi connectivity index (χ0) is 15.7. The van der Waals surface area contributed by atoms with E-state index < -0.39 is 0 Å². The van der Waals surface area contributed by atoms with Gasteiger partial charge in [0.1, 0.15) is 0 Å².